The first kappa shape index (κ1) is 10.2. The molecule has 1 N–H and O–H groups in total. The first-order chi connectivity index (χ1) is 8.25. The van der Waals surface area contributed by atoms with Crippen molar-refractivity contribution >= 4 is 10.9 Å². The van der Waals surface area contributed by atoms with E-state index < -0.39 is 0 Å². The highest BCUT2D eigenvalue weighted by Crippen LogP contribution is 2.29. The molecule has 0 atom stereocenters. The number of aryl methyl sites for hydroxylation is 2. The molecule has 0 aliphatic heterocycles. The smallest absolute Gasteiger partial charge is 0.0460 e. The maximum absolute atomic E-state index is 3.26. The molecule has 84 valence electrons. The second-order valence-corrected chi connectivity index (χ2v) is 4.54. The quantitative estimate of drug-likeness (QED) is 0.624. The summed E-state index contributed by atoms with van der Waals surface area (Å²) in [6, 6.07) is 15.2. The van der Waals surface area contributed by atoms with E-state index in [1.165, 1.54) is 33.2 Å². The number of nitrogens with one attached hydrogen (secondary N) is 1. The Labute approximate surface area is 101 Å². The van der Waals surface area contributed by atoms with E-state index in [0.717, 1.165) is 0 Å². The average molecular weight is 221 g/mol. The minimum absolute atomic E-state index is 1.20. The number of H-pyrrole nitrogens is 1. The van der Waals surface area contributed by atoms with Gasteiger partial charge in [-0.05, 0) is 48.2 Å². The van der Waals surface area contributed by atoms with Crippen molar-refractivity contribution in [1.29, 1.82) is 0 Å². The van der Waals surface area contributed by atoms with Crippen LogP contribution in [0.3, 0.4) is 0 Å². The standard InChI is InChI=1S/C16H15N/c1-11-6-7-13(10-12(11)2)14-4-3-5-16-15(14)8-9-17-16/h3-10,17H,1-2H3. The van der Waals surface area contributed by atoms with Gasteiger partial charge in [0.15, 0.2) is 0 Å². The number of hydrogen-bond acceptors (Lipinski definition) is 0. The molecule has 0 spiro atoms. The van der Waals surface area contributed by atoms with Crippen molar-refractivity contribution in [2.24, 2.45) is 0 Å². The molecule has 3 rings (SSSR count). The lowest BCUT2D eigenvalue weighted by molar-refractivity contribution is 1.34. The number of aromatic amines is 1. The topological polar surface area (TPSA) is 15.8 Å². The molecule has 0 aliphatic carbocycles. The van der Waals surface area contributed by atoms with Gasteiger partial charge in [-0.1, -0.05) is 30.3 Å². The van der Waals surface area contributed by atoms with Gasteiger partial charge in [0.1, 0.15) is 0 Å². The van der Waals surface area contributed by atoms with Crippen LogP contribution in [0.1, 0.15) is 11.1 Å². The summed E-state index contributed by atoms with van der Waals surface area (Å²) in [5.74, 6) is 0. The molecule has 3 aromatic rings. The average Bonchev–Trinajstić information content (AvgIpc) is 2.80. The van der Waals surface area contributed by atoms with Crippen LogP contribution < -0.4 is 0 Å². The van der Waals surface area contributed by atoms with Gasteiger partial charge in [0.2, 0.25) is 0 Å². The Balaban J connectivity index is 2.26. The van der Waals surface area contributed by atoms with Gasteiger partial charge < -0.3 is 4.98 Å². The van der Waals surface area contributed by atoms with Crippen molar-refractivity contribution in [3.63, 3.8) is 0 Å². The number of benzene rings is 2. The zero-order chi connectivity index (χ0) is 11.8. The van der Waals surface area contributed by atoms with E-state index >= 15 is 0 Å². The summed E-state index contributed by atoms with van der Waals surface area (Å²) in [7, 11) is 0. The summed E-state index contributed by atoms with van der Waals surface area (Å²) in [6.07, 6.45) is 2.00. The highest BCUT2D eigenvalue weighted by atomic mass is 14.7. The first-order valence-electron chi connectivity index (χ1n) is 5.89. The molecule has 0 aliphatic rings. The minimum atomic E-state index is 1.20. The van der Waals surface area contributed by atoms with Gasteiger partial charge in [-0.25, -0.2) is 0 Å². The highest BCUT2D eigenvalue weighted by molar-refractivity contribution is 5.95. The van der Waals surface area contributed by atoms with E-state index in [1.54, 1.807) is 0 Å². The molecule has 0 saturated carbocycles. The van der Waals surface area contributed by atoms with Crippen LogP contribution in [-0.2, 0) is 0 Å². The predicted molar refractivity (Wildman–Crippen MR) is 73.2 cm³/mol. The summed E-state index contributed by atoms with van der Waals surface area (Å²) in [5, 5.41) is 1.29. The molecule has 0 unspecified atom stereocenters. The fourth-order valence-corrected chi connectivity index (χ4v) is 2.25. The summed E-state index contributed by atoms with van der Waals surface area (Å²) < 4.78 is 0. The zero-order valence-corrected chi connectivity index (χ0v) is 10.1. The molecule has 1 heteroatoms. The van der Waals surface area contributed by atoms with E-state index in [9.17, 15) is 0 Å². The molecule has 1 nitrogen and oxygen atoms in total. The highest BCUT2D eigenvalue weighted by Gasteiger charge is 2.04. The molecule has 0 bridgehead atoms. The van der Waals surface area contributed by atoms with Crippen molar-refractivity contribution in [3.05, 3.63) is 59.8 Å². The van der Waals surface area contributed by atoms with E-state index in [1.807, 2.05) is 6.20 Å². The zero-order valence-electron chi connectivity index (χ0n) is 10.1. The molecule has 2 aromatic carbocycles. The molecule has 0 saturated heterocycles. The molecule has 1 heterocycles. The Morgan fingerprint density at radius 2 is 1.76 bits per heavy atom. The van der Waals surface area contributed by atoms with E-state index in [4.69, 9.17) is 0 Å². The number of fused-ring (bicyclic) bond motifs is 1. The fraction of sp³-hybridized carbons (Fsp3) is 0.125. The molecule has 17 heavy (non-hydrogen) atoms. The molecular formula is C16H15N. The van der Waals surface area contributed by atoms with Gasteiger partial charge in [0.05, 0.1) is 0 Å². The maximum Gasteiger partial charge on any atom is 0.0460 e. The van der Waals surface area contributed by atoms with Gasteiger partial charge in [-0.15, -0.1) is 0 Å². The van der Waals surface area contributed by atoms with Crippen LogP contribution >= 0.6 is 0 Å². The number of aromatic nitrogens is 1. The largest absolute Gasteiger partial charge is 0.361 e. The first-order valence-corrected chi connectivity index (χ1v) is 5.89. The van der Waals surface area contributed by atoms with E-state index in [0.29, 0.717) is 0 Å². The predicted octanol–water partition coefficient (Wildman–Crippen LogP) is 4.45. The van der Waals surface area contributed by atoms with Crippen molar-refractivity contribution in [1.82, 2.24) is 4.98 Å². The Bertz CT molecular complexity index is 677. The Hall–Kier alpha value is -2.02. The number of rotatable bonds is 1. The molecular weight excluding hydrogens is 206 g/mol. The lowest BCUT2D eigenvalue weighted by atomic mass is 9.98. The second-order valence-electron chi connectivity index (χ2n) is 4.54. The third-order valence-electron chi connectivity index (χ3n) is 3.41. The SMILES string of the molecule is Cc1ccc(-c2cccc3[nH]ccc23)cc1C. The van der Waals surface area contributed by atoms with Crippen molar-refractivity contribution in [2.75, 3.05) is 0 Å². The second kappa shape index (κ2) is 3.77. The van der Waals surface area contributed by atoms with Gasteiger partial charge in [0.25, 0.3) is 0 Å². The van der Waals surface area contributed by atoms with Crippen molar-refractivity contribution in [3.8, 4) is 11.1 Å². The van der Waals surface area contributed by atoms with Gasteiger partial charge in [-0.3, -0.25) is 0 Å². The lowest BCUT2D eigenvalue weighted by Gasteiger charge is -2.07. The van der Waals surface area contributed by atoms with Gasteiger partial charge in [-0.2, -0.15) is 0 Å². The summed E-state index contributed by atoms with van der Waals surface area (Å²) in [4.78, 5) is 3.26. The van der Waals surface area contributed by atoms with Crippen LogP contribution in [0.5, 0.6) is 0 Å². The monoisotopic (exact) mass is 221 g/mol. The Morgan fingerprint density at radius 3 is 2.59 bits per heavy atom. The number of hydrogen-bond donors (Lipinski definition) is 1. The van der Waals surface area contributed by atoms with Gasteiger partial charge >= 0.3 is 0 Å². The van der Waals surface area contributed by atoms with Crippen molar-refractivity contribution < 1.29 is 0 Å². The summed E-state index contributed by atoms with van der Waals surface area (Å²) >= 11 is 0. The van der Waals surface area contributed by atoms with E-state index in [-0.39, 0.29) is 0 Å². The van der Waals surface area contributed by atoms with Crippen LogP contribution in [0.4, 0.5) is 0 Å². The maximum atomic E-state index is 3.26. The van der Waals surface area contributed by atoms with Crippen LogP contribution in [0.15, 0.2) is 48.7 Å². The summed E-state index contributed by atoms with van der Waals surface area (Å²) in [6.45, 7) is 4.31. The Kier molecular flexibility index (Phi) is 2.25. The fourth-order valence-electron chi connectivity index (χ4n) is 2.25. The third kappa shape index (κ3) is 1.64. The van der Waals surface area contributed by atoms with Crippen LogP contribution in [0, 0.1) is 13.8 Å². The van der Waals surface area contributed by atoms with Gasteiger partial charge in [0, 0.05) is 17.1 Å². The molecule has 1 aromatic heterocycles. The molecule has 0 fully saturated rings. The summed E-state index contributed by atoms with van der Waals surface area (Å²) in [5.41, 5.74) is 6.47. The Morgan fingerprint density at radius 1 is 0.882 bits per heavy atom. The molecule has 0 amide bonds. The van der Waals surface area contributed by atoms with Crippen LogP contribution in [-0.4, -0.2) is 4.98 Å². The van der Waals surface area contributed by atoms with Crippen molar-refractivity contribution in [2.45, 2.75) is 13.8 Å². The third-order valence-corrected chi connectivity index (χ3v) is 3.41. The molecule has 0 radical (unpaired) electrons. The van der Waals surface area contributed by atoms with E-state index in [2.05, 4.69) is 61.3 Å². The minimum Gasteiger partial charge on any atom is -0.361 e. The lowest BCUT2D eigenvalue weighted by Crippen LogP contribution is -1.84. The normalized spacial score (nSPS) is 10.9. The van der Waals surface area contributed by atoms with Crippen LogP contribution in [0.2, 0.25) is 0 Å². The van der Waals surface area contributed by atoms with Crippen LogP contribution in [0.25, 0.3) is 22.0 Å².